The fourth-order valence-electron chi connectivity index (χ4n) is 2.30. The molecule has 0 spiro atoms. The number of hydrogen-bond donors (Lipinski definition) is 2. The van der Waals surface area contributed by atoms with E-state index in [2.05, 4.69) is 15.6 Å². The quantitative estimate of drug-likeness (QED) is 0.866. The van der Waals surface area contributed by atoms with E-state index in [1.165, 1.54) is 6.07 Å². The van der Waals surface area contributed by atoms with Gasteiger partial charge in [-0.2, -0.15) is 0 Å². The van der Waals surface area contributed by atoms with Crippen molar-refractivity contribution in [2.75, 3.05) is 18.5 Å². The maximum absolute atomic E-state index is 13.3. The molecule has 1 amide bonds. The van der Waals surface area contributed by atoms with E-state index in [1.807, 2.05) is 13.8 Å². The molecule has 6 heteroatoms. The van der Waals surface area contributed by atoms with E-state index >= 15 is 0 Å². The van der Waals surface area contributed by atoms with Crippen LogP contribution in [0.25, 0.3) is 0 Å². The number of carbonyl (C=O) groups excluding carboxylic acids is 1. The smallest absolute Gasteiger partial charge is 0.255 e. The molecule has 110 valence electrons. The van der Waals surface area contributed by atoms with Gasteiger partial charge in [-0.3, -0.25) is 4.79 Å². The third-order valence-electron chi connectivity index (χ3n) is 3.32. The Hall–Kier alpha value is -1.69. The van der Waals surface area contributed by atoms with Crippen LogP contribution in [0.4, 0.5) is 10.2 Å². The third kappa shape index (κ3) is 3.45. The number of carbonyl (C=O) groups is 1. The molecule has 0 aliphatic carbocycles. The van der Waals surface area contributed by atoms with Crippen LogP contribution in [-0.2, 0) is 4.74 Å². The number of aromatic nitrogens is 1. The monoisotopic (exact) mass is 281 g/mol. The molecule has 0 aromatic carbocycles. The number of pyridine rings is 1. The second kappa shape index (κ2) is 6.65. The summed E-state index contributed by atoms with van der Waals surface area (Å²) < 4.78 is 18.8. The van der Waals surface area contributed by atoms with Gasteiger partial charge in [-0.1, -0.05) is 0 Å². The van der Waals surface area contributed by atoms with Crippen LogP contribution in [0.3, 0.4) is 0 Å². The molecule has 1 fully saturated rings. The van der Waals surface area contributed by atoms with Crippen LogP contribution in [0.5, 0.6) is 0 Å². The second-order valence-corrected chi connectivity index (χ2v) is 4.89. The summed E-state index contributed by atoms with van der Waals surface area (Å²) >= 11 is 0. The van der Waals surface area contributed by atoms with Gasteiger partial charge < -0.3 is 15.4 Å². The van der Waals surface area contributed by atoms with E-state index < -0.39 is 5.82 Å². The number of ether oxygens (including phenoxy) is 1. The van der Waals surface area contributed by atoms with Gasteiger partial charge in [0, 0.05) is 13.2 Å². The van der Waals surface area contributed by atoms with E-state index in [0.717, 1.165) is 25.6 Å². The fraction of sp³-hybridized carbons (Fsp3) is 0.571. The molecule has 2 atom stereocenters. The summed E-state index contributed by atoms with van der Waals surface area (Å²) in [5.74, 6) is -0.469. The molecule has 1 aromatic heterocycles. The first-order chi connectivity index (χ1) is 9.61. The number of amides is 1. The summed E-state index contributed by atoms with van der Waals surface area (Å²) in [7, 11) is 0. The predicted octanol–water partition coefficient (Wildman–Crippen LogP) is 1.95. The molecule has 0 saturated carbocycles. The lowest BCUT2D eigenvalue weighted by molar-refractivity contribution is 0.0712. The minimum atomic E-state index is -0.526. The van der Waals surface area contributed by atoms with E-state index in [0.29, 0.717) is 12.4 Å². The van der Waals surface area contributed by atoms with Crippen LogP contribution in [0, 0.1) is 5.82 Å². The summed E-state index contributed by atoms with van der Waals surface area (Å²) in [4.78, 5) is 16.2. The van der Waals surface area contributed by atoms with E-state index in [4.69, 9.17) is 4.74 Å². The van der Waals surface area contributed by atoms with Gasteiger partial charge in [-0.05, 0) is 32.8 Å². The highest BCUT2D eigenvalue weighted by molar-refractivity contribution is 5.98. The number of nitrogens with zero attached hydrogens (tertiary/aromatic N) is 1. The Labute approximate surface area is 117 Å². The summed E-state index contributed by atoms with van der Waals surface area (Å²) in [5.41, 5.74) is 0.219. The van der Waals surface area contributed by atoms with Crippen molar-refractivity contribution < 1.29 is 13.9 Å². The fourth-order valence-corrected chi connectivity index (χ4v) is 2.30. The van der Waals surface area contributed by atoms with E-state index in [9.17, 15) is 9.18 Å². The summed E-state index contributed by atoms with van der Waals surface area (Å²) in [5, 5.41) is 5.81. The summed E-state index contributed by atoms with van der Waals surface area (Å²) in [6.07, 6.45) is 3.07. The lowest BCUT2D eigenvalue weighted by atomic mass is 10.1. The van der Waals surface area contributed by atoms with Gasteiger partial charge in [0.25, 0.3) is 5.91 Å². The molecule has 1 saturated heterocycles. The largest absolute Gasteiger partial charge is 0.376 e. The minimum Gasteiger partial charge on any atom is -0.376 e. The third-order valence-corrected chi connectivity index (χ3v) is 3.32. The van der Waals surface area contributed by atoms with Crippen molar-refractivity contribution >= 4 is 11.7 Å². The molecular weight excluding hydrogens is 261 g/mol. The highest BCUT2D eigenvalue weighted by atomic mass is 19.1. The van der Waals surface area contributed by atoms with Crippen LogP contribution in [0.2, 0.25) is 0 Å². The molecule has 2 heterocycles. The molecule has 1 aromatic rings. The van der Waals surface area contributed by atoms with E-state index in [1.54, 1.807) is 0 Å². The van der Waals surface area contributed by atoms with Crippen LogP contribution >= 0.6 is 0 Å². The standard InChI is InChI=1S/C14H20FN3O2/c1-3-16-13-11(7-10(15)8-17-13)14(19)18-9(2)12-5-4-6-20-12/h7-9,12H,3-6H2,1-2H3,(H,16,17)(H,18,19). The van der Waals surface area contributed by atoms with Crippen molar-refractivity contribution in [2.45, 2.75) is 38.8 Å². The average molecular weight is 281 g/mol. The highest BCUT2D eigenvalue weighted by Gasteiger charge is 2.25. The number of hydrogen-bond acceptors (Lipinski definition) is 4. The van der Waals surface area contributed by atoms with Gasteiger partial charge in [0.05, 0.1) is 23.9 Å². The van der Waals surface area contributed by atoms with Gasteiger partial charge in [-0.15, -0.1) is 0 Å². The highest BCUT2D eigenvalue weighted by Crippen LogP contribution is 2.17. The molecule has 1 aliphatic rings. The van der Waals surface area contributed by atoms with Crippen molar-refractivity contribution in [1.29, 1.82) is 0 Å². The lowest BCUT2D eigenvalue weighted by Crippen LogP contribution is -2.41. The Morgan fingerprint density at radius 2 is 2.45 bits per heavy atom. The SMILES string of the molecule is CCNc1ncc(F)cc1C(=O)NC(C)C1CCCO1. The first-order valence-corrected chi connectivity index (χ1v) is 6.93. The molecule has 0 radical (unpaired) electrons. The van der Waals surface area contributed by atoms with Crippen molar-refractivity contribution in [1.82, 2.24) is 10.3 Å². The van der Waals surface area contributed by atoms with Crippen LogP contribution in [0.1, 0.15) is 37.0 Å². The molecule has 0 bridgehead atoms. The average Bonchev–Trinajstić information content (AvgIpc) is 2.95. The topological polar surface area (TPSA) is 63.2 Å². The maximum Gasteiger partial charge on any atom is 0.255 e. The predicted molar refractivity (Wildman–Crippen MR) is 74.3 cm³/mol. The summed E-state index contributed by atoms with van der Waals surface area (Å²) in [6.45, 7) is 5.13. The first-order valence-electron chi connectivity index (χ1n) is 6.93. The molecular formula is C14H20FN3O2. The number of rotatable bonds is 5. The Kier molecular flexibility index (Phi) is 4.89. The zero-order chi connectivity index (χ0) is 14.5. The molecule has 20 heavy (non-hydrogen) atoms. The van der Waals surface area contributed by atoms with E-state index in [-0.39, 0.29) is 23.6 Å². The van der Waals surface area contributed by atoms with Gasteiger partial charge in [0.15, 0.2) is 0 Å². The Morgan fingerprint density at radius 1 is 1.65 bits per heavy atom. The summed E-state index contributed by atoms with van der Waals surface area (Å²) in [6, 6.07) is 1.09. The van der Waals surface area contributed by atoms with Crippen molar-refractivity contribution in [3.8, 4) is 0 Å². The molecule has 1 aliphatic heterocycles. The van der Waals surface area contributed by atoms with Crippen molar-refractivity contribution in [3.05, 3.63) is 23.6 Å². The lowest BCUT2D eigenvalue weighted by Gasteiger charge is -2.20. The Bertz CT molecular complexity index is 475. The normalized spacial score (nSPS) is 19.6. The van der Waals surface area contributed by atoms with Crippen LogP contribution < -0.4 is 10.6 Å². The zero-order valence-electron chi connectivity index (χ0n) is 11.8. The first kappa shape index (κ1) is 14.7. The molecule has 2 unspecified atom stereocenters. The molecule has 5 nitrogen and oxygen atoms in total. The van der Waals surface area contributed by atoms with Crippen molar-refractivity contribution in [2.24, 2.45) is 0 Å². The number of halogens is 1. The van der Waals surface area contributed by atoms with Gasteiger partial charge in [0.1, 0.15) is 11.6 Å². The van der Waals surface area contributed by atoms with Crippen LogP contribution in [-0.4, -0.2) is 36.2 Å². The number of anilines is 1. The maximum atomic E-state index is 13.3. The van der Waals surface area contributed by atoms with Gasteiger partial charge in [-0.25, -0.2) is 9.37 Å². The molecule has 2 N–H and O–H groups in total. The Morgan fingerprint density at radius 3 is 3.10 bits per heavy atom. The zero-order valence-corrected chi connectivity index (χ0v) is 11.8. The minimum absolute atomic E-state index is 0.0306. The Balaban J connectivity index is 2.09. The van der Waals surface area contributed by atoms with Crippen molar-refractivity contribution in [3.63, 3.8) is 0 Å². The van der Waals surface area contributed by atoms with Crippen LogP contribution in [0.15, 0.2) is 12.3 Å². The van der Waals surface area contributed by atoms with Gasteiger partial charge >= 0.3 is 0 Å². The second-order valence-electron chi connectivity index (χ2n) is 4.89. The number of nitrogens with one attached hydrogen (secondary N) is 2. The molecule has 2 rings (SSSR count). The van der Waals surface area contributed by atoms with Gasteiger partial charge in [0.2, 0.25) is 0 Å².